The molecule has 4 amide bonds. The van der Waals surface area contributed by atoms with E-state index < -0.39 is 30.0 Å². The lowest BCUT2D eigenvalue weighted by atomic mass is 9.62. The number of hydrogen-bond donors (Lipinski definition) is 0. The van der Waals surface area contributed by atoms with E-state index in [1.54, 1.807) is 0 Å². The summed E-state index contributed by atoms with van der Waals surface area (Å²) in [4.78, 5) is 51.9. The minimum atomic E-state index is -0.507. The normalized spacial score (nSPS) is 47.2. The fraction of sp³-hybridized carbons (Fsp3) is 0.625. The van der Waals surface area contributed by atoms with Crippen LogP contribution in [0.2, 0.25) is 0 Å². The van der Waals surface area contributed by atoms with Crippen LogP contribution in [0.1, 0.15) is 6.42 Å². The average Bonchev–Trinajstić information content (AvgIpc) is 3.23. The standard InChI is InChI=1S/C16H16N2O5/c1-17-13(19)6-4-3-5-7(8(6)14(17)20)12-10-9(11(5)23-12)15(21)18(2)16(10)22/h3,6-12H,4H2,1-2H3/t6-,7+,8-,9+,10-,11+,12-/m0/s1. The Bertz CT molecular complexity index is 728. The number of carbonyl (C=O) groups is 4. The van der Waals surface area contributed by atoms with Gasteiger partial charge >= 0.3 is 0 Å². The van der Waals surface area contributed by atoms with Crippen LogP contribution in [0.4, 0.5) is 0 Å². The number of allylic oxidation sites excluding steroid dienone is 1. The summed E-state index contributed by atoms with van der Waals surface area (Å²) in [5, 5.41) is 0. The summed E-state index contributed by atoms with van der Waals surface area (Å²) in [6.07, 6.45) is 1.60. The Balaban J connectivity index is 1.60. The molecule has 0 N–H and O–H groups in total. The Labute approximate surface area is 132 Å². The predicted octanol–water partition coefficient (Wildman–Crippen LogP) is -0.824. The Kier molecular flexibility index (Phi) is 2.27. The maximum Gasteiger partial charge on any atom is 0.235 e. The van der Waals surface area contributed by atoms with Crippen molar-refractivity contribution in [2.24, 2.45) is 29.6 Å². The first-order chi connectivity index (χ1) is 10.9. The highest BCUT2D eigenvalue weighted by molar-refractivity contribution is 6.08. The molecule has 0 radical (unpaired) electrons. The second-order valence-corrected chi connectivity index (χ2v) is 7.14. The summed E-state index contributed by atoms with van der Waals surface area (Å²) in [6, 6.07) is 0. The third-order valence-corrected chi connectivity index (χ3v) is 6.36. The molecule has 4 aliphatic heterocycles. The number of amides is 4. The molecule has 120 valence electrons. The molecule has 7 nitrogen and oxygen atoms in total. The topological polar surface area (TPSA) is 84.0 Å². The molecule has 5 rings (SSSR count). The number of carbonyl (C=O) groups excluding carboxylic acids is 4. The number of likely N-dealkylation sites (tertiary alicyclic amines) is 2. The van der Waals surface area contributed by atoms with Gasteiger partial charge in [-0.05, 0) is 12.0 Å². The zero-order valence-electron chi connectivity index (χ0n) is 12.8. The van der Waals surface area contributed by atoms with Gasteiger partial charge in [0.15, 0.2) is 0 Å². The highest BCUT2D eigenvalue weighted by atomic mass is 16.5. The lowest BCUT2D eigenvalue weighted by molar-refractivity contribution is -0.142. The zero-order chi connectivity index (χ0) is 16.2. The zero-order valence-corrected chi connectivity index (χ0v) is 12.8. The van der Waals surface area contributed by atoms with E-state index in [0.29, 0.717) is 6.42 Å². The molecule has 0 unspecified atom stereocenters. The van der Waals surface area contributed by atoms with Crippen molar-refractivity contribution in [2.75, 3.05) is 14.1 Å². The predicted molar refractivity (Wildman–Crippen MR) is 74.4 cm³/mol. The van der Waals surface area contributed by atoms with Gasteiger partial charge in [0.2, 0.25) is 23.6 Å². The molecule has 7 heteroatoms. The molecule has 4 fully saturated rings. The van der Waals surface area contributed by atoms with Gasteiger partial charge in [-0.25, -0.2) is 0 Å². The minimum absolute atomic E-state index is 0.152. The van der Waals surface area contributed by atoms with Crippen LogP contribution in [0.5, 0.6) is 0 Å². The monoisotopic (exact) mass is 316 g/mol. The molecule has 5 aliphatic rings. The molecular formula is C16H16N2O5. The molecule has 4 saturated heterocycles. The Hall–Kier alpha value is -2.02. The largest absolute Gasteiger partial charge is 0.368 e. The fourth-order valence-electron chi connectivity index (χ4n) is 5.32. The Morgan fingerprint density at radius 3 is 2.22 bits per heavy atom. The van der Waals surface area contributed by atoms with Gasteiger partial charge in [-0.1, -0.05) is 6.08 Å². The van der Waals surface area contributed by atoms with E-state index >= 15 is 0 Å². The van der Waals surface area contributed by atoms with Gasteiger partial charge in [0, 0.05) is 20.0 Å². The van der Waals surface area contributed by atoms with Gasteiger partial charge in [-0.3, -0.25) is 29.0 Å². The first kappa shape index (κ1) is 13.4. The maximum atomic E-state index is 12.5. The van der Waals surface area contributed by atoms with E-state index in [4.69, 9.17) is 4.74 Å². The van der Waals surface area contributed by atoms with Crippen LogP contribution in [0.25, 0.3) is 0 Å². The van der Waals surface area contributed by atoms with Crippen LogP contribution < -0.4 is 0 Å². The van der Waals surface area contributed by atoms with E-state index in [2.05, 4.69) is 0 Å². The van der Waals surface area contributed by atoms with Crippen LogP contribution in [0.15, 0.2) is 11.6 Å². The highest BCUT2D eigenvalue weighted by Crippen LogP contribution is 2.59. The lowest BCUT2D eigenvalue weighted by Crippen LogP contribution is -2.44. The second-order valence-electron chi connectivity index (χ2n) is 7.14. The molecule has 1 aliphatic carbocycles. The molecule has 0 saturated carbocycles. The summed E-state index contributed by atoms with van der Waals surface area (Å²) < 4.78 is 5.98. The van der Waals surface area contributed by atoms with Crippen LogP contribution in [-0.2, 0) is 23.9 Å². The number of imide groups is 2. The van der Waals surface area contributed by atoms with Crippen molar-refractivity contribution >= 4 is 23.6 Å². The van der Waals surface area contributed by atoms with Crippen molar-refractivity contribution in [1.82, 2.24) is 9.80 Å². The summed E-state index contributed by atoms with van der Waals surface area (Å²) in [6.45, 7) is 0. The Morgan fingerprint density at radius 1 is 0.870 bits per heavy atom. The first-order valence-corrected chi connectivity index (χ1v) is 7.91. The molecule has 2 bridgehead atoms. The van der Waals surface area contributed by atoms with Crippen LogP contribution in [-0.4, -0.2) is 59.7 Å². The van der Waals surface area contributed by atoms with Crippen LogP contribution >= 0.6 is 0 Å². The van der Waals surface area contributed by atoms with Gasteiger partial charge in [0.25, 0.3) is 0 Å². The molecule has 0 spiro atoms. The Morgan fingerprint density at radius 2 is 1.48 bits per heavy atom. The van der Waals surface area contributed by atoms with Crippen molar-refractivity contribution < 1.29 is 23.9 Å². The van der Waals surface area contributed by atoms with Crippen LogP contribution in [0.3, 0.4) is 0 Å². The van der Waals surface area contributed by atoms with E-state index in [1.165, 1.54) is 23.9 Å². The average molecular weight is 316 g/mol. The van der Waals surface area contributed by atoms with Gasteiger partial charge < -0.3 is 4.74 Å². The summed E-state index contributed by atoms with van der Waals surface area (Å²) in [5.41, 5.74) is 0.949. The maximum absolute atomic E-state index is 12.5. The smallest absolute Gasteiger partial charge is 0.235 e. The molecular weight excluding hydrogens is 300 g/mol. The first-order valence-electron chi connectivity index (χ1n) is 7.91. The lowest BCUT2D eigenvalue weighted by Gasteiger charge is -2.35. The minimum Gasteiger partial charge on any atom is -0.368 e. The van der Waals surface area contributed by atoms with E-state index in [9.17, 15) is 19.2 Å². The molecule has 7 atom stereocenters. The quantitative estimate of drug-likeness (QED) is 0.430. The SMILES string of the molecule is CN1C(=O)[C@@H]2[C@H]3O[C@H](C4=CC[C@@H]5C(=O)N(C)C(=O)[C@@H]5[C@@H]43)[C@@H]2C1=O. The molecule has 0 aromatic carbocycles. The van der Waals surface area contributed by atoms with Crippen molar-refractivity contribution in [3.8, 4) is 0 Å². The number of hydrogen-bond acceptors (Lipinski definition) is 5. The van der Waals surface area contributed by atoms with E-state index in [0.717, 1.165) is 5.57 Å². The van der Waals surface area contributed by atoms with Gasteiger partial charge in [0.05, 0.1) is 35.9 Å². The fourth-order valence-corrected chi connectivity index (χ4v) is 5.32. The number of ether oxygens (including phenoxy) is 1. The highest BCUT2D eigenvalue weighted by Gasteiger charge is 2.70. The molecule has 0 aromatic rings. The number of nitrogens with zero attached hydrogens (tertiary/aromatic N) is 2. The van der Waals surface area contributed by atoms with Crippen molar-refractivity contribution in [1.29, 1.82) is 0 Å². The number of rotatable bonds is 0. The van der Waals surface area contributed by atoms with Crippen molar-refractivity contribution in [3.63, 3.8) is 0 Å². The number of fused-ring (bicyclic) bond motifs is 10. The van der Waals surface area contributed by atoms with Crippen molar-refractivity contribution in [3.05, 3.63) is 11.6 Å². The van der Waals surface area contributed by atoms with Gasteiger partial charge in [-0.15, -0.1) is 0 Å². The third-order valence-electron chi connectivity index (χ3n) is 6.36. The molecule has 0 aromatic heterocycles. The molecule has 23 heavy (non-hydrogen) atoms. The van der Waals surface area contributed by atoms with Gasteiger partial charge in [0.1, 0.15) is 0 Å². The van der Waals surface area contributed by atoms with E-state index in [-0.39, 0.29) is 35.5 Å². The second kappa shape index (κ2) is 3.90. The van der Waals surface area contributed by atoms with Crippen LogP contribution in [0, 0.1) is 29.6 Å². The summed E-state index contributed by atoms with van der Waals surface area (Å²) in [7, 11) is 3.01. The molecule has 4 heterocycles. The van der Waals surface area contributed by atoms with E-state index in [1.807, 2.05) is 6.08 Å². The summed E-state index contributed by atoms with van der Waals surface area (Å²) >= 11 is 0. The summed E-state index contributed by atoms with van der Waals surface area (Å²) in [5.74, 6) is -2.77. The van der Waals surface area contributed by atoms with Crippen molar-refractivity contribution in [2.45, 2.75) is 18.6 Å². The third kappa shape index (κ3) is 1.28. The van der Waals surface area contributed by atoms with Gasteiger partial charge in [-0.2, -0.15) is 0 Å².